The largest absolute Gasteiger partial charge is 0.472 e. The number of aromatic nitrogens is 1. The third kappa shape index (κ3) is 2.92. The van der Waals surface area contributed by atoms with E-state index in [1.165, 1.54) is 12.3 Å². The van der Waals surface area contributed by atoms with Crippen LogP contribution >= 0.6 is 0 Å². The van der Waals surface area contributed by atoms with E-state index in [1.807, 2.05) is 9.80 Å². The maximum atomic E-state index is 13.7. The van der Waals surface area contributed by atoms with Gasteiger partial charge in [-0.05, 0) is 25.0 Å². The minimum Gasteiger partial charge on any atom is -0.472 e. The van der Waals surface area contributed by atoms with Gasteiger partial charge in [-0.15, -0.1) is 0 Å². The summed E-state index contributed by atoms with van der Waals surface area (Å²) in [5, 5.41) is 0. The van der Waals surface area contributed by atoms with Crippen LogP contribution in [0, 0.1) is 5.82 Å². The van der Waals surface area contributed by atoms with Crippen LogP contribution in [-0.2, 0) is 4.74 Å². The fraction of sp³-hybridized carbons (Fsp3) is 0.647. The smallest absolute Gasteiger partial charge is 0.320 e. The molecular formula is C17H22FN3O3. The van der Waals surface area contributed by atoms with E-state index in [0.29, 0.717) is 32.5 Å². The molecule has 0 bridgehead atoms. The number of amides is 2. The standard InChI is InChI=1S/C17H22FN3O3/c18-14-4-3-6-19-15(14)24-13-5-9-23-17(10-13)11-21(12-17)16(22)20-7-1-2-8-20/h3-4,6,13H,1-2,5,7-12H2/t13-/m0/s1. The van der Waals surface area contributed by atoms with E-state index in [4.69, 9.17) is 9.47 Å². The van der Waals surface area contributed by atoms with Crippen LogP contribution in [0.5, 0.6) is 5.88 Å². The van der Waals surface area contributed by atoms with Crippen molar-refractivity contribution < 1.29 is 18.7 Å². The fourth-order valence-electron chi connectivity index (χ4n) is 3.81. The van der Waals surface area contributed by atoms with Gasteiger partial charge in [0, 0.05) is 32.1 Å². The molecule has 2 amide bonds. The van der Waals surface area contributed by atoms with Crippen molar-refractivity contribution in [2.45, 2.75) is 37.4 Å². The molecule has 130 valence electrons. The Balaban J connectivity index is 1.34. The van der Waals surface area contributed by atoms with Crippen LogP contribution in [0.4, 0.5) is 9.18 Å². The van der Waals surface area contributed by atoms with Crippen molar-refractivity contribution in [3.8, 4) is 5.88 Å². The summed E-state index contributed by atoms with van der Waals surface area (Å²) in [6.07, 6.45) is 4.93. The van der Waals surface area contributed by atoms with Crippen molar-refractivity contribution in [3.05, 3.63) is 24.1 Å². The first-order chi connectivity index (χ1) is 11.7. The monoisotopic (exact) mass is 335 g/mol. The van der Waals surface area contributed by atoms with E-state index < -0.39 is 5.82 Å². The molecule has 0 radical (unpaired) electrons. The summed E-state index contributed by atoms with van der Waals surface area (Å²) in [5.41, 5.74) is -0.344. The molecule has 1 spiro atoms. The van der Waals surface area contributed by atoms with Crippen LogP contribution in [0.1, 0.15) is 25.7 Å². The fourth-order valence-corrected chi connectivity index (χ4v) is 3.81. The molecule has 0 aliphatic carbocycles. The number of likely N-dealkylation sites (tertiary alicyclic amines) is 2. The molecule has 24 heavy (non-hydrogen) atoms. The van der Waals surface area contributed by atoms with Gasteiger partial charge in [0.15, 0.2) is 5.82 Å². The molecule has 0 N–H and O–H groups in total. The van der Waals surface area contributed by atoms with Gasteiger partial charge in [0.2, 0.25) is 0 Å². The normalized spacial score (nSPS) is 25.6. The Morgan fingerprint density at radius 1 is 1.33 bits per heavy atom. The van der Waals surface area contributed by atoms with Gasteiger partial charge in [-0.25, -0.2) is 14.2 Å². The third-order valence-corrected chi connectivity index (χ3v) is 5.06. The first-order valence-electron chi connectivity index (χ1n) is 8.60. The van der Waals surface area contributed by atoms with Gasteiger partial charge in [0.25, 0.3) is 5.88 Å². The van der Waals surface area contributed by atoms with Crippen molar-refractivity contribution in [1.29, 1.82) is 0 Å². The number of halogens is 1. The minimum atomic E-state index is -0.447. The van der Waals surface area contributed by atoms with Gasteiger partial charge in [-0.1, -0.05) is 0 Å². The van der Waals surface area contributed by atoms with Gasteiger partial charge in [0.05, 0.1) is 19.7 Å². The molecule has 3 saturated heterocycles. The third-order valence-electron chi connectivity index (χ3n) is 5.06. The van der Waals surface area contributed by atoms with E-state index in [1.54, 1.807) is 6.07 Å². The number of carbonyl (C=O) groups is 1. The first-order valence-corrected chi connectivity index (χ1v) is 8.60. The zero-order valence-electron chi connectivity index (χ0n) is 13.6. The summed E-state index contributed by atoms with van der Waals surface area (Å²) in [5.74, 6) is -0.402. The number of rotatable bonds is 2. The Morgan fingerprint density at radius 3 is 2.88 bits per heavy atom. The molecule has 4 rings (SSSR count). The van der Waals surface area contributed by atoms with Crippen molar-refractivity contribution in [2.24, 2.45) is 0 Å². The lowest BCUT2D eigenvalue weighted by molar-refractivity contribution is -0.175. The number of pyridine rings is 1. The van der Waals surface area contributed by atoms with Crippen LogP contribution in [0.25, 0.3) is 0 Å². The molecule has 1 aromatic heterocycles. The number of urea groups is 1. The van der Waals surface area contributed by atoms with E-state index >= 15 is 0 Å². The summed E-state index contributed by atoms with van der Waals surface area (Å²) in [6.45, 7) is 3.45. The summed E-state index contributed by atoms with van der Waals surface area (Å²) >= 11 is 0. The molecule has 6 nitrogen and oxygen atoms in total. The predicted octanol–water partition coefficient (Wildman–Crippen LogP) is 2.05. The molecule has 3 aliphatic heterocycles. The summed E-state index contributed by atoms with van der Waals surface area (Å²) in [6, 6.07) is 3.00. The molecular weight excluding hydrogens is 313 g/mol. The minimum absolute atomic E-state index is 0.0453. The van der Waals surface area contributed by atoms with Crippen molar-refractivity contribution in [1.82, 2.24) is 14.8 Å². The maximum Gasteiger partial charge on any atom is 0.320 e. The Labute approximate surface area is 140 Å². The molecule has 1 atom stereocenters. The van der Waals surface area contributed by atoms with Crippen LogP contribution < -0.4 is 4.74 Å². The van der Waals surface area contributed by atoms with Gasteiger partial charge in [-0.2, -0.15) is 0 Å². The molecule has 3 fully saturated rings. The van der Waals surface area contributed by atoms with Crippen molar-refractivity contribution >= 4 is 6.03 Å². The van der Waals surface area contributed by atoms with Gasteiger partial charge >= 0.3 is 6.03 Å². The Kier molecular flexibility index (Phi) is 4.04. The average Bonchev–Trinajstić information content (AvgIpc) is 3.09. The molecule has 7 heteroatoms. The van der Waals surface area contributed by atoms with E-state index in [-0.39, 0.29) is 23.6 Å². The number of hydrogen-bond donors (Lipinski definition) is 0. The lowest BCUT2D eigenvalue weighted by Gasteiger charge is -2.53. The van der Waals surface area contributed by atoms with E-state index in [0.717, 1.165) is 25.9 Å². The highest BCUT2D eigenvalue weighted by Gasteiger charge is 2.51. The Bertz CT molecular complexity index is 615. The Morgan fingerprint density at radius 2 is 2.12 bits per heavy atom. The molecule has 0 saturated carbocycles. The highest BCUT2D eigenvalue weighted by molar-refractivity contribution is 5.76. The molecule has 4 heterocycles. The van der Waals surface area contributed by atoms with Gasteiger partial charge < -0.3 is 19.3 Å². The SMILES string of the molecule is O=C(N1CCCC1)N1CC2(C[C@@H](Oc3ncccc3F)CCO2)C1. The highest BCUT2D eigenvalue weighted by atomic mass is 19.1. The van der Waals surface area contributed by atoms with E-state index in [9.17, 15) is 9.18 Å². The molecule has 0 unspecified atom stereocenters. The topological polar surface area (TPSA) is 54.9 Å². The zero-order valence-corrected chi connectivity index (χ0v) is 13.6. The average molecular weight is 335 g/mol. The lowest BCUT2D eigenvalue weighted by Crippen LogP contribution is -2.69. The zero-order chi connectivity index (χ0) is 16.6. The van der Waals surface area contributed by atoms with Gasteiger partial charge in [0.1, 0.15) is 11.7 Å². The van der Waals surface area contributed by atoms with Crippen LogP contribution in [0.3, 0.4) is 0 Å². The van der Waals surface area contributed by atoms with Crippen molar-refractivity contribution in [2.75, 3.05) is 32.8 Å². The quantitative estimate of drug-likeness (QED) is 0.830. The van der Waals surface area contributed by atoms with E-state index in [2.05, 4.69) is 4.98 Å². The number of nitrogens with zero attached hydrogens (tertiary/aromatic N) is 3. The molecule has 3 aliphatic rings. The van der Waals surface area contributed by atoms with Gasteiger partial charge in [-0.3, -0.25) is 0 Å². The maximum absolute atomic E-state index is 13.7. The number of hydrogen-bond acceptors (Lipinski definition) is 4. The number of carbonyl (C=O) groups excluding carboxylic acids is 1. The van der Waals surface area contributed by atoms with Crippen molar-refractivity contribution in [3.63, 3.8) is 0 Å². The molecule has 0 aromatic carbocycles. The summed E-state index contributed by atoms with van der Waals surface area (Å²) < 4.78 is 25.4. The number of ether oxygens (including phenoxy) is 2. The second-order valence-electron chi connectivity index (χ2n) is 6.89. The van der Waals surface area contributed by atoms with Crippen LogP contribution in [0.2, 0.25) is 0 Å². The predicted molar refractivity (Wildman–Crippen MR) is 84.3 cm³/mol. The van der Waals surface area contributed by atoms with Crippen LogP contribution in [-0.4, -0.2) is 65.3 Å². The summed E-state index contributed by atoms with van der Waals surface area (Å²) in [7, 11) is 0. The first kappa shape index (κ1) is 15.6. The molecule has 1 aromatic rings. The lowest BCUT2D eigenvalue weighted by atomic mass is 9.85. The Hall–Kier alpha value is -1.89. The second-order valence-corrected chi connectivity index (χ2v) is 6.89. The summed E-state index contributed by atoms with van der Waals surface area (Å²) in [4.78, 5) is 20.1. The second kappa shape index (κ2) is 6.20. The highest BCUT2D eigenvalue weighted by Crippen LogP contribution is 2.36. The van der Waals surface area contributed by atoms with Crippen LogP contribution in [0.15, 0.2) is 18.3 Å².